The number of aryl methyl sites for hydroxylation is 1. The second-order valence-electron chi connectivity index (χ2n) is 6.78. The molecule has 0 unspecified atom stereocenters. The van der Waals surface area contributed by atoms with Gasteiger partial charge in [-0.05, 0) is 58.6 Å². The van der Waals surface area contributed by atoms with Crippen LogP contribution in [0, 0.1) is 12.7 Å². The first kappa shape index (κ1) is 16.5. The highest BCUT2D eigenvalue weighted by Gasteiger charge is 2.30. The van der Waals surface area contributed by atoms with Crippen LogP contribution in [-0.4, -0.2) is 28.8 Å². The molecule has 0 radical (unpaired) electrons. The van der Waals surface area contributed by atoms with Gasteiger partial charge in [-0.1, -0.05) is 0 Å². The van der Waals surface area contributed by atoms with E-state index in [0.29, 0.717) is 0 Å². The Hall–Kier alpha value is -1.85. The fraction of sp³-hybridized carbons (Fsp3) is 0.625. The number of alkyl carbamates (subject to hydrolysis) is 1. The third-order valence-corrected chi connectivity index (χ3v) is 3.52. The second kappa shape index (κ2) is 6.50. The first-order chi connectivity index (χ1) is 10.2. The summed E-state index contributed by atoms with van der Waals surface area (Å²) in [5.74, 6) is -0.142. The highest BCUT2D eigenvalue weighted by atomic mass is 19.1. The maximum atomic E-state index is 13.9. The number of aromatic nitrogens is 1. The van der Waals surface area contributed by atoms with Crippen molar-refractivity contribution in [3.05, 3.63) is 23.6 Å². The van der Waals surface area contributed by atoms with Gasteiger partial charge in [0.2, 0.25) is 0 Å². The number of rotatable bonds is 3. The molecular formula is C16H24FN3O2. The highest BCUT2D eigenvalue weighted by molar-refractivity contribution is 5.68. The molecule has 1 heterocycles. The van der Waals surface area contributed by atoms with E-state index < -0.39 is 11.7 Å². The Morgan fingerprint density at radius 1 is 1.36 bits per heavy atom. The Kier molecular flexibility index (Phi) is 4.88. The predicted octanol–water partition coefficient (Wildman–Crippen LogP) is 3.39. The second-order valence-corrected chi connectivity index (χ2v) is 6.78. The molecule has 6 heteroatoms. The average Bonchev–Trinajstić information content (AvgIpc) is 2.77. The monoisotopic (exact) mass is 309 g/mol. The van der Waals surface area contributed by atoms with E-state index in [2.05, 4.69) is 15.6 Å². The van der Waals surface area contributed by atoms with Gasteiger partial charge < -0.3 is 15.4 Å². The molecule has 22 heavy (non-hydrogen) atoms. The summed E-state index contributed by atoms with van der Waals surface area (Å²) in [5, 5.41) is 5.96. The Bertz CT molecular complexity index is 543. The van der Waals surface area contributed by atoms with E-state index in [1.165, 1.54) is 6.07 Å². The lowest BCUT2D eigenvalue weighted by molar-refractivity contribution is 0.0503. The summed E-state index contributed by atoms with van der Waals surface area (Å²) >= 11 is 0. The molecule has 1 aliphatic carbocycles. The van der Waals surface area contributed by atoms with Crippen LogP contribution < -0.4 is 10.6 Å². The van der Waals surface area contributed by atoms with E-state index in [-0.39, 0.29) is 23.7 Å². The quantitative estimate of drug-likeness (QED) is 0.898. The van der Waals surface area contributed by atoms with E-state index in [9.17, 15) is 9.18 Å². The molecule has 0 spiro atoms. The van der Waals surface area contributed by atoms with Crippen molar-refractivity contribution in [3.63, 3.8) is 0 Å². The summed E-state index contributed by atoms with van der Waals surface area (Å²) in [6.45, 7) is 7.26. The van der Waals surface area contributed by atoms with Gasteiger partial charge in [-0.3, -0.25) is 0 Å². The van der Waals surface area contributed by atoms with Gasteiger partial charge in [0, 0.05) is 12.2 Å². The standard InChI is InChI=1S/C16H24FN3O2/c1-10-8-11(17)14(18-9-10)19-12-6-5-7-13(12)20-15(21)22-16(2,3)4/h8-9,12-13H,5-7H2,1-4H3,(H,18,19)(H,20,21)/t12-,13-/m0/s1. The lowest BCUT2D eigenvalue weighted by Crippen LogP contribution is -2.45. The minimum Gasteiger partial charge on any atom is -0.444 e. The van der Waals surface area contributed by atoms with Gasteiger partial charge in [-0.2, -0.15) is 0 Å². The zero-order valence-corrected chi connectivity index (χ0v) is 13.6. The minimum absolute atomic E-state index is 0.0442. The number of carbonyl (C=O) groups is 1. The number of halogens is 1. The van der Waals surface area contributed by atoms with Crippen LogP contribution in [0.4, 0.5) is 15.0 Å². The number of carbonyl (C=O) groups excluding carboxylic acids is 1. The van der Waals surface area contributed by atoms with Crippen molar-refractivity contribution >= 4 is 11.9 Å². The van der Waals surface area contributed by atoms with Gasteiger partial charge in [0.25, 0.3) is 0 Å². The van der Waals surface area contributed by atoms with E-state index in [0.717, 1.165) is 24.8 Å². The molecule has 1 aliphatic rings. The summed E-state index contributed by atoms with van der Waals surface area (Å²) in [4.78, 5) is 16.0. The molecule has 1 saturated carbocycles. The first-order valence-electron chi connectivity index (χ1n) is 7.63. The van der Waals surface area contributed by atoms with Gasteiger partial charge in [0.05, 0.1) is 6.04 Å². The van der Waals surface area contributed by atoms with Gasteiger partial charge in [-0.25, -0.2) is 14.2 Å². The van der Waals surface area contributed by atoms with Crippen molar-refractivity contribution in [2.45, 2.75) is 64.6 Å². The number of ether oxygens (including phenoxy) is 1. The van der Waals surface area contributed by atoms with E-state index in [1.54, 1.807) is 13.1 Å². The molecule has 122 valence electrons. The molecule has 2 atom stereocenters. The number of nitrogens with one attached hydrogen (secondary N) is 2. The van der Waals surface area contributed by atoms with Gasteiger partial charge in [0.15, 0.2) is 11.6 Å². The molecule has 1 fully saturated rings. The van der Waals surface area contributed by atoms with Crippen molar-refractivity contribution in [1.82, 2.24) is 10.3 Å². The number of amides is 1. The number of pyridine rings is 1. The molecule has 0 aliphatic heterocycles. The average molecular weight is 309 g/mol. The lowest BCUT2D eigenvalue weighted by Gasteiger charge is -2.25. The third-order valence-electron chi connectivity index (χ3n) is 3.52. The molecule has 0 saturated heterocycles. The summed E-state index contributed by atoms with van der Waals surface area (Å²) in [5.41, 5.74) is 0.244. The smallest absolute Gasteiger partial charge is 0.407 e. The number of hydrogen-bond acceptors (Lipinski definition) is 4. The van der Waals surface area contributed by atoms with Crippen LogP contribution in [0.3, 0.4) is 0 Å². The topological polar surface area (TPSA) is 63.2 Å². The van der Waals surface area contributed by atoms with Crippen LogP contribution in [0.2, 0.25) is 0 Å². The third kappa shape index (κ3) is 4.58. The predicted molar refractivity (Wildman–Crippen MR) is 83.4 cm³/mol. The Balaban J connectivity index is 1.97. The first-order valence-corrected chi connectivity index (χ1v) is 7.63. The van der Waals surface area contributed by atoms with E-state index in [4.69, 9.17) is 4.74 Å². The maximum Gasteiger partial charge on any atom is 0.407 e. The van der Waals surface area contributed by atoms with Gasteiger partial charge in [-0.15, -0.1) is 0 Å². The molecule has 1 amide bonds. The number of hydrogen-bond donors (Lipinski definition) is 2. The molecule has 5 nitrogen and oxygen atoms in total. The Morgan fingerprint density at radius 3 is 2.68 bits per heavy atom. The van der Waals surface area contributed by atoms with Gasteiger partial charge >= 0.3 is 6.09 Å². The molecule has 0 aromatic carbocycles. The molecule has 1 aromatic rings. The minimum atomic E-state index is -0.532. The summed E-state index contributed by atoms with van der Waals surface area (Å²) in [7, 11) is 0. The molecule has 2 N–H and O–H groups in total. The summed E-state index contributed by atoms with van der Waals surface area (Å²) < 4.78 is 19.1. The number of nitrogens with zero attached hydrogens (tertiary/aromatic N) is 1. The Morgan fingerprint density at radius 2 is 2.05 bits per heavy atom. The van der Waals surface area contributed by atoms with E-state index in [1.807, 2.05) is 20.8 Å². The van der Waals surface area contributed by atoms with Crippen molar-refractivity contribution < 1.29 is 13.9 Å². The maximum absolute atomic E-state index is 13.9. The normalized spacial score (nSPS) is 21.5. The molecule has 0 bridgehead atoms. The molecule has 2 rings (SSSR count). The van der Waals surface area contributed by atoms with Crippen molar-refractivity contribution in [3.8, 4) is 0 Å². The number of anilines is 1. The SMILES string of the molecule is Cc1cnc(N[C@H]2CCC[C@@H]2NC(=O)OC(C)(C)C)c(F)c1. The Labute approximate surface area is 130 Å². The highest BCUT2D eigenvalue weighted by Crippen LogP contribution is 2.24. The van der Waals surface area contributed by atoms with E-state index >= 15 is 0 Å². The fourth-order valence-corrected chi connectivity index (χ4v) is 2.58. The van der Waals surface area contributed by atoms with Crippen LogP contribution in [-0.2, 0) is 4.74 Å². The van der Waals surface area contributed by atoms with Crippen molar-refractivity contribution in [2.24, 2.45) is 0 Å². The van der Waals surface area contributed by atoms with Crippen LogP contribution in [0.5, 0.6) is 0 Å². The zero-order valence-electron chi connectivity index (χ0n) is 13.6. The summed E-state index contributed by atoms with van der Waals surface area (Å²) in [6, 6.07) is 1.32. The van der Waals surface area contributed by atoms with Crippen molar-refractivity contribution in [2.75, 3.05) is 5.32 Å². The molecular weight excluding hydrogens is 285 g/mol. The van der Waals surface area contributed by atoms with Crippen molar-refractivity contribution in [1.29, 1.82) is 0 Å². The van der Waals surface area contributed by atoms with Gasteiger partial charge in [0.1, 0.15) is 5.60 Å². The van der Waals surface area contributed by atoms with Crippen LogP contribution in [0.1, 0.15) is 45.6 Å². The fourth-order valence-electron chi connectivity index (χ4n) is 2.58. The lowest BCUT2D eigenvalue weighted by atomic mass is 10.1. The zero-order chi connectivity index (χ0) is 16.3. The summed E-state index contributed by atoms with van der Waals surface area (Å²) in [6.07, 6.45) is 3.84. The van der Waals surface area contributed by atoms with Crippen LogP contribution in [0.25, 0.3) is 0 Å². The van der Waals surface area contributed by atoms with Crippen LogP contribution >= 0.6 is 0 Å². The largest absolute Gasteiger partial charge is 0.444 e. The molecule has 1 aromatic heterocycles. The van der Waals surface area contributed by atoms with Crippen LogP contribution in [0.15, 0.2) is 12.3 Å².